The smallest absolute Gasteiger partial charge is 0.0686 e. The Balaban J connectivity index is 1.56. The van der Waals surface area contributed by atoms with Gasteiger partial charge in [-0.1, -0.05) is 6.07 Å². The summed E-state index contributed by atoms with van der Waals surface area (Å²) >= 11 is 1.75. The van der Waals surface area contributed by atoms with Gasteiger partial charge in [0, 0.05) is 11.9 Å². The van der Waals surface area contributed by atoms with Crippen LogP contribution < -0.4 is 0 Å². The maximum atomic E-state index is 4.75. The highest BCUT2D eigenvalue weighted by Gasteiger charge is 2.36. The molecule has 4 heteroatoms. The number of benzene rings is 1. The van der Waals surface area contributed by atoms with Crippen LogP contribution in [0.15, 0.2) is 41.2 Å². The van der Waals surface area contributed by atoms with Crippen molar-refractivity contribution in [3.63, 3.8) is 0 Å². The van der Waals surface area contributed by atoms with Crippen LogP contribution in [0.4, 0.5) is 0 Å². The maximum Gasteiger partial charge on any atom is 0.0686 e. The van der Waals surface area contributed by atoms with Gasteiger partial charge >= 0.3 is 0 Å². The molecule has 3 nitrogen and oxygen atoms in total. The zero-order chi connectivity index (χ0) is 14.5. The van der Waals surface area contributed by atoms with Crippen LogP contribution >= 0.6 is 11.3 Å². The van der Waals surface area contributed by atoms with Gasteiger partial charge in [0.2, 0.25) is 0 Å². The third-order valence-electron chi connectivity index (χ3n) is 5.39. The van der Waals surface area contributed by atoms with Gasteiger partial charge in [-0.15, -0.1) is 0 Å². The highest BCUT2D eigenvalue weighted by Crippen LogP contribution is 2.37. The van der Waals surface area contributed by atoms with E-state index in [-0.39, 0.29) is 0 Å². The summed E-state index contributed by atoms with van der Waals surface area (Å²) in [4.78, 5) is 2.60. The van der Waals surface area contributed by atoms with Crippen molar-refractivity contribution in [2.45, 2.75) is 18.9 Å². The number of rotatable bonds is 2. The van der Waals surface area contributed by atoms with E-state index in [1.165, 1.54) is 54.5 Å². The second kappa shape index (κ2) is 4.93. The van der Waals surface area contributed by atoms with Gasteiger partial charge in [0.15, 0.2) is 0 Å². The molecule has 3 fully saturated rings. The fourth-order valence-electron chi connectivity index (χ4n) is 4.14. The molecule has 0 unspecified atom stereocenters. The molecule has 1 aromatic carbocycles. The van der Waals surface area contributed by atoms with E-state index in [0.29, 0.717) is 6.04 Å². The van der Waals surface area contributed by atoms with Gasteiger partial charge in [-0.05, 0) is 71.9 Å². The van der Waals surface area contributed by atoms with Crippen molar-refractivity contribution in [3.8, 4) is 11.1 Å². The lowest BCUT2D eigenvalue weighted by Gasteiger charge is -2.44. The lowest BCUT2D eigenvalue weighted by Crippen LogP contribution is -2.48. The molecule has 0 radical (unpaired) electrons. The molecular formula is C18H19N3S. The van der Waals surface area contributed by atoms with Crippen molar-refractivity contribution in [3.05, 3.63) is 41.2 Å². The molecule has 6 rings (SSSR count). The van der Waals surface area contributed by atoms with Crippen molar-refractivity contribution < 1.29 is 0 Å². The summed E-state index contributed by atoms with van der Waals surface area (Å²) in [6.07, 6.45) is 4.71. The third kappa shape index (κ3) is 1.94. The van der Waals surface area contributed by atoms with E-state index in [1.807, 2.05) is 6.20 Å². The van der Waals surface area contributed by atoms with Gasteiger partial charge in [-0.3, -0.25) is 4.68 Å². The molecule has 0 saturated carbocycles. The van der Waals surface area contributed by atoms with E-state index in [2.05, 4.69) is 44.6 Å². The Bertz CT molecular complexity index is 797. The summed E-state index contributed by atoms with van der Waals surface area (Å²) in [5, 5.41) is 10.4. The van der Waals surface area contributed by atoms with E-state index < -0.39 is 0 Å². The van der Waals surface area contributed by atoms with E-state index in [9.17, 15) is 0 Å². The first-order valence-electron chi connectivity index (χ1n) is 8.11. The molecule has 3 aliphatic heterocycles. The Kier molecular flexibility index (Phi) is 2.88. The minimum atomic E-state index is 0.562. The molecule has 0 amide bonds. The largest absolute Gasteiger partial charge is 0.301 e. The average molecular weight is 309 g/mol. The number of hydrogen-bond acceptors (Lipinski definition) is 3. The van der Waals surface area contributed by atoms with Crippen LogP contribution in [0, 0.1) is 5.92 Å². The number of fused-ring (bicyclic) bond motifs is 4. The fraction of sp³-hybridized carbons (Fsp3) is 0.389. The van der Waals surface area contributed by atoms with Crippen molar-refractivity contribution in [2.75, 3.05) is 19.6 Å². The molecular weight excluding hydrogens is 290 g/mol. The first-order valence-corrected chi connectivity index (χ1v) is 9.05. The number of piperidine rings is 3. The summed E-state index contributed by atoms with van der Waals surface area (Å²) in [6.45, 7) is 3.74. The molecule has 5 heterocycles. The average Bonchev–Trinajstić information content (AvgIpc) is 3.25. The van der Waals surface area contributed by atoms with Crippen LogP contribution in [0.5, 0.6) is 0 Å². The Hall–Kier alpha value is -1.65. The lowest BCUT2D eigenvalue weighted by molar-refractivity contribution is 0.0534. The van der Waals surface area contributed by atoms with Gasteiger partial charge in [0.05, 0.1) is 17.8 Å². The Labute approximate surface area is 134 Å². The van der Waals surface area contributed by atoms with Crippen LogP contribution in [-0.2, 0) is 0 Å². The first kappa shape index (κ1) is 12.9. The number of nitrogens with zero attached hydrogens (tertiary/aromatic N) is 3. The predicted octanol–water partition coefficient (Wildman–Crippen LogP) is 4.03. The predicted molar refractivity (Wildman–Crippen MR) is 91.2 cm³/mol. The van der Waals surface area contributed by atoms with Crippen molar-refractivity contribution in [1.82, 2.24) is 14.7 Å². The summed E-state index contributed by atoms with van der Waals surface area (Å²) in [5.74, 6) is 0.810. The molecule has 0 aliphatic carbocycles. The zero-order valence-corrected chi connectivity index (χ0v) is 13.3. The van der Waals surface area contributed by atoms with E-state index >= 15 is 0 Å². The molecule has 0 N–H and O–H groups in total. The van der Waals surface area contributed by atoms with Crippen LogP contribution in [0.25, 0.3) is 22.0 Å². The maximum absolute atomic E-state index is 4.75. The van der Waals surface area contributed by atoms with Crippen molar-refractivity contribution in [2.24, 2.45) is 5.92 Å². The molecule has 22 heavy (non-hydrogen) atoms. The van der Waals surface area contributed by atoms with E-state index in [1.54, 1.807) is 11.3 Å². The van der Waals surface area contributed by atoms with Gasteiger partial charge < -0.3 is 4.90 Å². The van der Waals surface area contributed by atoms with Crippen LogP contribution in [-0.4, -0.2) is 34.3 Å². The Morgan fingerprint density at radius 2 is 2.00 bits per heavy atom. The number of thiophene rings is 1. The summed E-state index contributed by atoms with van der Waals surface area (Å²) in [6, 6.07) is 9.52. The monoisotopic (exact) mass is 309 g/mol. The molecule has 2 bridgehead atoms. The molecule has 3 aromatic rings. The van der Waals surface area contributed by atoms with Gasteiger partial charge in [0.25, 0.3) is 0 Å². The second-order valence-corrected chi connectivity index (χ2v) is 7.36. The van der Waals surface area contributed by atoms with E-state index in [4.69, 9.17) is 5.10 Å². The van der Waals surface area contributed by atoms with Crippen LogP contribution in [0.1, 0.15) is 18.9 Å². The fourth-order valence-corrected chi connectivity index (χ4v) is 4.80. The SMILES string of the molecule is c1cc(-c2ccc3c(cnn3[C@H]3CN4CCC3CC4)c2)cs1. The standard InChI is InChI=1S/C18H19N3S/c1-2-17-16(9-14(1)15-5-8-22-12-15)10-19-21(17)18-11-20-6-3-13(18)4-7-20/h1-2,5,8-10,12-13,18H,3-4,6-7,11H2/t18-/m0/s1. The molecule has 1 atom stereocenters. The number of hydrogen-bond donors (Lipinski definition) is 0. The topological polar surface area (TPSA) is 21.1 Å². The molecule has 2 aromatic heterocycles. The second-order valence-electron chi connectivity index (χ2n) is 6.58. The van der Waals surface area contributed by atoms with Crippen molar-refractivity contribution in [1.29, 1.82) is 0 Å². The minimum absolute atomic E-state index is 0.562. The van der Waals surface area contributed by atoms with Crippen LogP contribution in [0.3, 0.4) is 0 Å². The van der Waals surface area contributed by atoms with Gasteiger partial charge in [0.1, 0.15) is 0 Å². The molecule has 3 aliphatic rings. The normalized spacial score (nSPS) is 27.5. The highest BCUT2D eigenvalue weighted by atomic mass is 32.1. The Morgan fingerprint density at radius 3 is 2.73 bits per heavy atom. The van der Waals surface area contributed by atoms with Crippen molar-refractivity contribution >= 4 is 22.2 Å². The third-order valence-corrected chi connectivity index (χ3v) is 6.07. The quantitative estimate of drug-likeness (QED) is 0.712. The van der Waals surface area contributed by atoms with E-state index in [0.717, 1.165) is 5.92 Å². The summed E-state index contributed by atoms with van der Waals surface area (Å²) in [7, 11) is 0. The lowest BCUT2D eigenvalue weighted by atomic mass is 9.84. The molecule has 112 valence electrons. The molecule has 0 spiro atoms. The highest BCUT2D eigenvalue weighted by molar-refractivity contribution is 7.08. The zero-order valence-electron chi connectivity index (χ0n) is 12.5. The van der Waals surface area contributed by atoms with Crippen LogP contribution in [0.2, 0.25) is 0 Å². The van der Waals surface area contributed by atoms with Gasteiger partial charge in [-0.2, -0.15) is 16.4 Å². The van der Waals surface area contributed by atoms with Gasteiger partial charge in [-0.25, -0.2) is 0 Å². The first-order chi connectivity index (χ1) is 10.9. The molecule has 3 saturated heterocycles. The number of aromatic nitrogens is 2. The summed E-state index contributed by atoms with van der Waals surface area (Å²) < 4.78 is 2.29. The minimum Gasteiger partial charge on any atom is -0.301 e. The summed E-state index contributed by atoms with van der Waals surface area (Å²) in [5.41, 5.74) is 3.89. The Morgan fingerprint density at radius 1 is 1.09 bits per heavy atom.